The van der Waals surface area contributed by atoms with Gasteiger partial charge in [0.05, 0.1) is 23.9 Å². The highest BCUT2D eigenvalue weighted by Gasteiger charge is 2.47. The minimum atomic E-state index is -0.808. The zero-order valence-electron chi connectivity index (χ0n) is 19.5. The Labute approximate surface area is 204 Å². The molecule has 0 saturated heterocycles. The zero-order valence-corrected chi connectivity index (χ0v) is 20.3. The Balaban J connectivity index is 1.74. The summed E-state index contributed by atoms with van der Waals surface area (Å²) in [7, 11) is 0. The second-order valence-electron chi connectivity index (χ2n) is 8.92. The van der Waals surface area contributed by atoms with Gasteiger partial charge in [0.15, 0.2) is 0 Å². The predicted octanol–water partition coefficient (Wildman–Crippen LogP) is 4.04. The van der Waals surface area contributed by atoms with E-state index in [9.17, 15) is 14.4 Å². The summed E-state index contributed by atoms with van der Waals surface area (Å²) < 4.78 is 0. The quantitative estimate of drug-likeness (QED) is 0.627. The fraction of sp³-hybridized carbons (Fsp3) is 0.346. The van der Waals surface area contributed by atoms with Crippen molar-refractivity contribution >= 4 is 29.4 Å². The molecule has 0 aromatic heterocycles. The Morgan fingerprint density at radius 1 is 1.12 bits per heavy atom. The Morgan fingerprint density at radius 2 is 1.79 bits per heavy atom. The average molecular weight is 481 g/mol. The molecule has 8 heteroatoms. The maximum absolute atomic E-state index is 13.9. The van der Waals surface area contributed by atoms with Crippen molar-refractivity contribution in [1.29, 1.82) is 0 Å². The van der Waals surface area contributed by atoms with Crippen molar-refractivity contribution in [2.24, 2.45) is 5.92 Å². The van der Waals surface area contributed by atoms with Gasteiger partial charge in [0.2, 0.25) is 5.91 Å². The number of urea groups is 1. The summed E-state index contributed by atoms with van der Waals surface area (Å²) in [6, 6.07) is 14.7. The van der Waals surface area contributed by atoms with Crippen molar-refractivity contribution in [3.63, 3.8) is 0 Å². The Hall–Kier alpha value is -3.32. The number of hydrogen-bond donors (Lipinski definition) is 2. The third kappa shape index (κ3) is 4.53. The second-order valence-corrected chi connectivity index (χ2v) is 9.36. The Kier molecular flexibility index (Phi) is 6.93. The third-order valence-electron chi connectivity index (χ3n) is 6.13. The molecule has 0 aliphatic carbocycles. The monoisotopic (exact) mass is 480 g/mol. The third-order valence-corrected chi connectivity index (χ3v) is 6.38. The molecular formula is C26H29ClN4O3. The normalized spacial score (nSPS) is 18.8. The smallest absolute Gasteiger partial charge is 0.322 e. The number of carbonyl (C=O) groups excluding carboxylic acids is 3. The summed E-state index contributed by atoms with van der Waals surface area (Å²) in [5, 5.41) is 6.51. The fourth-order valence-corrected chi connectivity index (χ4v) is 4.60. The van der Waals surface area contributed by atoms with Gasteiger partial charge in [-0.3, -0.25) is 14.5 Å². The first kappa shape index (κ1) is 23.8. The van der Waals surface area contributed by atoms with Crippen molar-refractivity contribution in [1.82, 2.24) is 20.4 Å². The van der Waals surface area contributed by atoms with E-state index in [1.165, 1.54) is 0 Å². The van der Waals surface area contributed by atoms with Gasteiger partial charge in [-0.25, -0.2) is 4.79 Å². The van der Waals surface area contributed by atoms with Crippen LogP contribution in [0.25, 0.3) is 0 Å². The molecule has 4 rings (SSSR count). The van der Waals surface area contributed by atoms with Gasteiger partial charge < -0.3 is 15.5 Å². The minimum Gasteiger partial charge on any atom is -0.354 e. The molecule has 2 aromatic carbocycles. The summed E-state index contributed by atoms with van der Waals surface area (Å²) >= 11 is 6.06. The lowest BCUT2D eigenvalue weighted by Crippen LogP contribution is -2.47. The Morgan fingerprint density at radius 3 is 2.41 bits per heavy atom. The van der Waals surface area contributed by atoms with Crippen LogP contribution < -0.4 is 10.6 Å². The van der Waals surface area contributed by atoms with Crippen LogP contribution in [0.4, 0.5) is 4.79 Å². The first-order chi connectivity index (χ1) is 16.3. The van der Waals surface area contributed by atoms with Crippen molar-refractivity contribution in [2.45, 2.75) is 32.9 Å². The number of hydrogen-bond acceptors (Lipinski definition) is 3. The van der Waals surface area contributed by atoms with Crippen LogP contribution in [-0.2, 0) is 9.59 Å². The van der Waals surface area contributed by atoms with Gasteiger partial charge in [-0.1, -0.05) is 67.9 Å². The van der Waals surface area contributed by atoms with E-state index in [-0.39, 0.29) is 30.3 Å². The lowest BCUT2D eigenvalue weighted by molar-refractivity contribution is -0.136. The van der Waals surface area contributed by atoms with Gasteiger partial charge in [-0.05, 0) is 36.1 Å². The molecule has 0 saturated carbocycles. The molecule has 2 heterocycles. The number of carbonyl (C=O) groups is 3. The number of nitrogens with one attached hydrogen (secondary N) is 2. The molecule has 2 atom stereocenters. The molecule has 34 heavy (non-hydrogen) atoms. The summed E-state index contributed by atoms with van der Waals surface area (Å²) in [5.74, 6) is -0.229. The van der Waals surface area contributed by atoms with Crippen LogP contribution in [-0.4, -0.2) is 47.3 Å². The van der Waals surface area contributed by atoms with Gasteiger partial charge in [-0.15, -0.1) is 0 Å². The van der Waals surface area contributed by atoms with E-state index in [1.807, 2.05) is 51.1 Å². The average Bonchev–Trinajstić information content (AvgIpc) is 3.15. The number of nitrogens with zero attached hydrogens (tertiary/aromatic N) is 2. The van der Waals surface area contributed by atoms with Crippen molar-refractivity contribution < 1.29 is 14.4 Å². The van der Waals surface area contributed by atoms with Crippen molar-refractivity contribution in [2.75, 3.05) is 19.6 Å². The van der Waals surface area contributed by atoms with E-state index in [0.717, 1.165) is 11.1 Å². The van der Waals surface area contributed by atoms with Crippen molar-refractivity contribution in [3.05, 3.63) is 82.0 Å². The summed E-state index contributed by atoms with van der Waals surface area (Å²) in [4.78, 5) is 43.3. The number of halogens is 1. The van der Waals surface area contributed by atoms with E-state index < -0.39 is 12.1 Å². The lowest BCUT2D eigenvalue weighted by Gasteiger charge is -2.32. The highest BCUT2D eigenvalue weighted by Crippen LogP contribution is 2.39. The van der Waals surface area contributed by atoms with Crippen LogP contribution in [0.15, 0.2) is 65.9 Å². The van der Waals surface area contributed by atoms with E-state index in [2.05, 4.69) is 10.6 Å². The molecule has 2 aliphatic rings. The van der Waals surface area contributed by atoms with E-state index in [1.54, 1.807) is 34.1 Å². The van der Waals surface area contributed by atoms with Crippen LogP contribution in [0.1, 0.15) is 44.0 Å². The first-order valence-electron chi connectivity index (χ1n) is 11.5. The van der Waals surface area contributed by atoms with Gasteiger partial charge >= 0.3 is 6.03 Å². The van der Waals surface area contributed by atoms with Gasteiger partial charge in [-0.2, -0.15) is 0 Å². The van der Waals surface area contributed by atoms with E-state index in [4.69, 9.17) is 11.6 Å². The molecule has 7 nitrogen and oxygen atoms in total. The van der Waals surface area contributed by atoms with Gasteiger partial charge in [0.25, 0.3) is 5.91 Å². The number of rotatable bonds is 7. The molecule has 2 aromatic rings. The highest BCUT2D eigenvalue weighted by atomic mass is 35.5. The van der Waals surface area contributed by atoms with Crippen LogP contribution in [0.2, 0.25) is 5.02 Å². The molecule has 4 amide bonds. The Bertz CT molecular complexity index is 1110. The van der Waals surface area contributed by atoms with E-state index in [0.29, 0.717) is 29.4 Å². The zero-order chi connectivity index (χ0) is 24.4. The maximum Gasteiger partial charge on any atom is 0.322 e. The maximum atomic E-state index is 13.9. The number of likely N-dealkylation sites (N-methyl/N-ethyl adjacent to an activating group) is 1. The van der Waals surface area contributed by atoms with Crippen LogP contribution in [0, 0.1) is 5.92 Å². The summed E-state index contributed by atoms with van der Waals surface area (Å²) in [5.41, 5.74) is 2.61. The standard InChI is InChI=1S/C26H29ClN4O3/c1-4-30-20-15-31(23(18-8-6-5-7-9-18)24(32)28-14-16(2)3)25(33)21(20)22(29-26(30)34)17-10-12-19(27)13-11-17/h5-13,16,22-23H,4,14-15H2,1-3H3,(H,28,32)(H,29,34)/t22-,23+/m1/s1. The molecule has 0 radical (unpaired) electrons. The first-order valence-corrected chi connectivity index (χ1v) is 11.9. The molecule has 178 valence electrons. The number of amides is 4. The van der Waals surface area contributed by atoms with E-state index >= 15 is 0 Å². The molecular weight excluding hydrogens is 452 g/mol. The lowest BCUT2D eigenvalue weighted by atomic mass is 9.95. The van der Waals surface area contributed by atoms with Crippen LogP contribution in [0.3, 0.4) is 0 Å². The minimum absolute atomic E-state index is 0.175. The highest BCUT2D eigenvalue weighted by molar-refractivity contribution is 6.30. The van der Waals surface area contributed by atoms with Crippen LogP contribution >= 0.6 is 11.6 Å². The molecule has 0 bridgehead atoms. The largest absolute Gasteiger partial charge is 0.354 e. The van der Waals surface area contributed by atoms with Gasteiger partial charge in [0.1, 0.15) is 6.04 Å². The topological polar surface area (TPSA) is 81.8 Å². The van der Waals surface area contributed by atoms with Gasteiger partial charge in [0, 0.05) is 18.1 Å². The molecule has 0 spiro atoms. The second kappa shape index (κ2) is 9.89. The fourth-order valence-electron chi connectivity index (χ4n) is 4.47. The van der Waals surface area contributed by atoms with Crippen LogP contribution in [0.5, 0.6) is 0 Å². The summed E-state index contributed by atoms with van der Waals surface area (Å²) in [6.07, 6.45) is 0. The molecule has 2 N–H and O–H groups in total. The number of benzene rings is 2. The molecule has 0 unspecified atom stereocenters. The molecule has 0 fully saturated rings. The SMILES string of the molecule is CCN1C(=O)N[C@H](c2ccc(Cl)cc2)C2=C1CN([C@H](C(=O)NCC(C)C)c1ccccc1)C2=O. The molecule has 2 aliphatic heterocycles. The predicted molar refractivity (Wildman–Crippen MR) is 131 cm³/mol. The summed E-state index contributed by atoms with van der Waals surface area (Å²) in [6.45, 7) is 7.00. The van der Waals surface area contributed by atoms with Crippen molar-refractivity contribution in [3.8, 4) is 0 Å².